The smallest absolute Gasteiger partial charge is 0.122 e. The number of ether oxygens (including phenoxy) is 1. The van der Waals surface area contributed by atoms with Gasteiger partial charge in [-0.25, -0.2) is 0 Å². The highest BCUT2D eigenvalue weighted by Gasteiger charge is 2.21. The van der Waals surface area contributed by atoms with Crippen LogP contribution in [0.3, 0.4) is 0 Å². The second kappa shape index (κ2) is 7.86. The fourth-order valence-corrected chi connectivity index (χ4v) is 3.46. The Hall–Kier alpha value is -0.990. The van der Waals surface area contributed by atoms with Crippen molar-refractivity contribution >= 4 is 11.6 Å². The Balaban J connectivity index is 1.87. The van der Waals surface area contributed by atoms with Gasteiger partial charge >= 0.3 is 0 Å². The lowest BCUT2D eigenvalue weighted by atomic mass is 9.92. The van der Waals surface area contributed by atoms with Gasteiger partial charge in [0, 0.05) is 24.7 Å². The maximum Gasteiger partial charge on any atom is 0.122 e. The van der Waals surface area contributed by atoms with Crippen LogP contribution in [0.5, 0.6) is 5.75 Å². The molecule has 1 saturated heterocycles. The van der Waals surface area contributed by atoms with Gasteiger partial charge in [-0.2, -0.15) is 0 Å². The van der Waals surface area contributed by atoms with Crippen molar-refractivity contribution in [1.82, 2.24) is 4.90 Å². The average molecular weight is 308 g/mol. The van der Waals surface area contributed by atoms with E-state index in [4.69, 9.17) is 16.3 Å². The number of hydrogen-bond acceptors (Lipinski definition) is 2. The Morgan fingerprint density at radius 2 is 2.05 bits per heavy atom. The van der Waals surface area contributed by atoms with E-state index in [1.165, 1.54) is 19.5 Å². The number of nitrogens with zero attached hydrogens (tertiary/aromatic N) is 1. The van der Waals surface area contributed by atoms with Crippen LogP contribution in [0.15, 0.2) is 30.9 Å². The van der Waals surface area contributed by atoms with E-state index in [1.807, 2.05) is 24.3 Å². The molecule has 1 fully saturated rings. The molecule has 1 aliphatic rings. The van der Waals surface area contributed by atoms with Gasteiger partial charge in [0.2, 0.25) is 0 Å². The molecule has 1 aliphatic heterocycles. The van der Waals surface area contributed by atoms with Gasteiger partial charge in [0.15, 0.2) is 0 Å². The highest BCUT2D eigenvalue weighted by molar-refractivity contribution is 6.30. The molecule has 2 rings (SSSR count). The van der Waals surface area contributed by atoms with Crippen molar-refractivity contribution in [2.75, 3.05) is 26.2 Å². The van der Waals surface area contributed by atoms with Crippen LogP contribution in [0.2, 0.25) is 5.02 Å². The van der Waals surface area contributed by atoms with Gasteiger partial charge in [0.25, 0.3) is 0 Å². The van der Waals surface area contributed by atoms with Gasteiger partial charge in [0.1, 0.15) is 12.4 Å². The maximum absolute atomic E-state index is 6.04. The number of piperidine rings is 1. The van der Waals surface area contributed by atoms with Crippen molar-refractivity contribution in [1.29, 1.82) is 0 Å². The van der Waals surface area contributed by atoms with E-state index >= 15 is 0 Å². The van der Waals surface area contributed by atoms with Gasteiger partial charge in [0.05, 0.1) is 0 Å². The van der Waals surface area contributed by atoms with Crippen molar-refractivity contribution in [3.63, 3.8) is 0 Å². The molecule has 0 aliphatic carbocycles. The van der Waals surface area contributed by atoms with Crippen molar-refractivity contribution in [2.24, 2.45) is 11.8 Å². The number of halogens is 1. The largest absolute Gasteiger partial charge is 0.492 e. The van der Waals surface area contributed by atoms with Crippen LogP contribution >= 0.6 is 11.6 Å². The third kappa shape index (κ3) is 5.05. The molecule has 1 heterocycles. The molecule has 0 N–H and O–H groups in total. The SMILES string of the molecule is C=CCc1cc(Cl)ccc1OCCN1C[C@H](C)C[C@H](C)C1. The van der Waals surface area contributed by atoms with Crippen LogP contribution in [0.25, 0.3) is 0 Å². The quantitative estimate of drug-likeness (QED) is 0.721. The summed E-state index contributed by atoms with van der Waals surface area (Å²) in [7, 11) is 0. The fraction of sp³-hybridized carbons (Fsp3) is 0.556. The second-order valence-electron chi connectivity index (χ2n) is 6.30. The zero-order valence-electron chi connectivity index (χ0n) is 13.1. The normalized spacial score (nSPS) is 23.0. The molecule has 0 spiro atoms. The zero-order valence-corrected chi connectivity index (χ0v) is 13.9. The molecule has 3 heteroatoms. The van der Waals surface area contributed by atoms with Gasteiger partial charge in [-0.15, -0.1) is 6.58 Å². The first-order chi connectivity index (χ1) is 10.1. The van der Waals surface area contributed by atoms with Crippen molar-refractivity contribution < 1.29 is 4.74 Å². The lowest BCUT2D eigenvalue weighted by molar-refractivity contribution is 0.120. The van der Waals surface area contributed by atoms with Gasteiger partial charge in [-0.05, 0) is 48.4 Å². The van der Waals surface area contributed by atoms with Crippen molar-refractivity contribution in [3.8, 4) is 5.75 Å². The van der Waals surface area contributed by atoms with Gasteiger partial charge in [-0.3, -0.25) is 4.90 Å². The standard InChI is InChI=1S/C18H26ClNO/c1-4-5-16-11-17(19)6-7-18(16)21-9-8-20-12-14(2)10-15(3)13-20/h4,6-7,11,14-15H,1,5,8-10,12-13H2,2-3H3/t14-,15+. The Labute approximate surface area is 133 Å². The molecule has 1 aromatic rings. The summed E-state index contributed by atoms with van der Waals surface area (Å²) in [5.41, 5.74) is 1.11. The van der Waals surface area contributed by atoms with Crippen LogP contribution in [-0.2, 0) is 6.42 Å². The third-order valence-corrected chi connectivity index (χ3v) is 4.23. The molecule has 0 bridgehead atoms. The minimum atomic E-state index is 0.727. The minimum absolute atomic E-state index is 0.727. The summed E-state index contributed by atoms with van der Waals surface area (Å²) in [6, 6.07) is 5.81. The fourth-order valence-electron chi connectivity index (χ4n) is 3.26. The molecule has 0 aromatic heterocycles. The lowest BCUT2D eigenvalue weighted by Crippen LogP contribution is -2.40. The summed E-state index contributed by atoms with van der Waals surface area (Å²) < 4.78 is 5.97. The molecule has 0 saturated carbocycles. The summed E-state index contributed by atoms with van der Waals surface area (Å²) in [5, 5.41) is 0.748. The first kappa shape index (κ1) is 16.4. The number of hydrogen-bond donors (Lipinski definition) is 0. The summed E-state index contributed by atoms with van der Waals surface area (Å²) in [6.07, 6.45) is 4.01. The molecular formula is C18H26ClNO. The van der Waals surface area contributed by atoms with E-state index in [1.54, 1.807) is 0 Å². The number of allylic oxidation sites excluding steroid dienone is 1. The van der Waals surface area contributed by atoms with E-state index in [0.29, 0.717) is 0 Å². The van der Waals surface area contributed by atoms with E-state index < -0.39 is 0 Å². The third-order valence-electron chi connectivity index (χ3n) is 4.00. The van der Waals surface area contributed by atoms with E-state index in [9.17, 15) is 0 Å². The highest BCUT2D eigenvalue weighted by Crippen LogP contribution is 2.24. The predicted molar refractivity (Wildman–Crippen MR) is 90.2 cm³/mol. The maximum atomic E-state index is 6.04. The molecular weight excluding hydrogens is 282 g/mol. The molecule has 0 radical (unpaired) electrons. The molecule has 116 valence electrons. The van der Waals surface area contributed by atoms with Gasteiger partial charge in [-0.1, -0.05) is 31.5 Å². The number of likely N-dealkylation sites (tertiary alicyclic amines) is 1. The topological polar surface area (TPSA) is 12.5 Å². The zero-order chi connectivity index (χ0) is 15.2. The summed E-state index contributed by atoms with van der Waals surface area (Å²) in [6.45, 7) is 12.6. The van der Waals surface area contributed by atoms with Crippen molar-refractivity contribution in [2.45, 2.75) is 26.7 Å². The number of benzene rings is 1. The lowest BCUT2D eigenvalue weighted by Gasteiger charge is -2.34. The average Bonchev–Trinajstić information content (AvgIpc) is 2.40. The van der Waals surface area contributed by atoms with Crippen LogP contribution in [0.4, 0.5) is 0 Å². The molecule has 2 atom stereocenters. The van der Waals surface area contributed by atoms with E-state index in [2.05, 4.69) is 25.3 Å². The van der Waals surface area contributed by atoms with Gasteiger partial charge < -0.3 is 4.74 Å². The van der Waals surface area contributed by atoms with Crippen LogP contribution in [0, 0.1) is 11.8 Å². The van der Waals surface area contributed by atoms with E-state index in [0.717, 1.165) is 47.7 Å². The molecule has 2 nitrogen and oxygen atoms in total. The Bertz CT molecular complexity index is 464. The molecule has 1 aromatic carbocycles. The van der Waals surface area contributed by atoms with Crippen molar-refractivity contribution in [3.05, 3.63) is 41.4 Å². The van der Waals surface area contributed by atoms with Crippen LogP contribution in [-0.4, -0.2) is 31.1 Å². The summed E-state index contributed by atoms with van der Waals surface area (Å²) in [5.74, 6) is 2.51. The second-order valence-corrected chi connectivity index (χ2v) is 6.74. The Morgan fingerprint density at radius 3 is 2.71 bits per heavy atom. The summed E-state index contributed by atoms with van der Waals surface area (Å²) in [4.78, 5) is 2.52. The van der Waals surface area contributed by atoms with Crippen LogP contribution in [0.1, 0.15) is 25.8 Å². The monoisotopic (exact) mass is 307 g/mol. The molecule has 21 heavy (non-hydrogen) atoms. The first-order valence-electron chi connectivity index (χ1n) is 7.83. The molecule has 0 unspecified atom stereocenters. The predicted octanol–water partition coefficient (Wildman–Crippen LogP) is 4.43. The summed E-state index contributed by atoms with van der Waals surface area (Å²) >= 11 is 6.04. The number of rotatable bonds is 6. The highest BCUT2D eigenvalue weighted by atomic mass is 35.5. The van der Waals surface area contributed by atoms with Crippen LogP contribution < -0.4 is 4.74 Å². The Kier molecular flexibility index (Phi) is 6.13. The first-order valence-corrected chi connectivity index (χ1v) is 8.20. The Morgan fingerprint density at radius 1 is 1.33 bits per heavy atom. The minimum Gasteiger partial charge on any atom is -0.492 e. The molecule has 0 amide bonds. The van der Waals surface area contributed by atoms with E-state index in [-0.39, 0.29) is 0 Å².